The number of ketones is 2. The molecule has 0 aliphatic heterocycles. The second kappa shape index (κ2) is 6.13. The van der Waals surface area contributed by atoms with Gasteiger partial charge < -0.3 is 26.2 Å². The van der Waals surface area contributed by atoms with E-state index in [4.69, 9.17) is 5.73 Å². The van der Waals surface area contributed by atoms with Crippen molar-refractivity contribution in [3.63, 3.8) is 0 Å². The Balaban J connectivity index is 1.96. The maximum Gasteiger partial charge on any atom is 0.273 e. The van der Waals surface area contributed by atoms with Crippen molar-refractivity contribution in [2.75, 3.05) is 0 Å². The molecule has 1 aromatic rings. The summed E-state index contributed by atoms with van der Waals surface area (Å²) in [5.41, 5.74) is 0.565. The van der Waals surface area contributed by atoms with Crippen molar-refractivity contribution < 1.29 is 39.7 Å². The monoisotopic (exact) mass is 416 g/mol. The SMILES string of the molecule is NC(=O)C1=C(O)[C@@]2(O)C(=O)C3=C(O)c4c(O)ccc([N+](=O)[O-])c4C[C@H]3C[C@H]2CC1=O. The molecule has 3 atom stereocenters. The smallest absolute Gasteiger partial charge is 0.273 e. The molecule has 0 unspecified atom stereocenters. The Morgan fingerprint density at radius 3 is 2.47 bits per heavy atom. The number of aromatic hydroxyl groups is 1. The van der Waals surface area contributed by atoms with Crippen molar-refractivity contribution in [2.24, 2.45) is 17.6 Å². The molecule has 1 saturated carbocycles. The zero-order valence-electron chi connectivity index (χ0n) is 15.3. The fourth-order valence-corrected chi connectivity index (χ4v) is 4.78. The number of rotatable bonds is 2. The van der Waals surface area contributed by atoms with E-state index in [9.17, 15) is 44.9 Å². The number of carbonyl (C=O) groups is 3. The van der Waals surface area contributed by atoms with Gasteiger partial charge in [-0.2, -0.15) is 0 Å². The highest BCUT2D eigenvalue weighted by atomic mass is 16.6. The van der Waals surface area contributed by atoms with Crippen LogP contribution in [0.2, 0.25) is 0 Å². The zero-order valence-corrected chi connectivity index (χ0v) is 15.3. The molecule has 1 amide bonds. The van der Waals surface area contributed by atoms with Crippen LogP contribution in [-0.2, 0) is 20.8 Å². The van der Waals surface area contributed by atoms with E-state index in [1.807, 2.05) is 0 Å². The summed E-state index contributed by atoms with van der Waals surface area (Å²) in [5.74, 6) is -7.66. The molecule has 0 bridgehead atoms. The minimum Gasteiger partial charge on any atom is -0.508 e. The van der Waals surface area contributed by atoms with Crippen LogP contribution in [0.25, 0.3) is 5.76 Å². The Hall–Kier alpha value is -3.73. The number of nitrogens with two attached hydrogens (primary N) is 1. The van der Waals surface area contributed by atoms with Gasteiger partial charge in [0.2, 0.25) is 5.78 Å². The molecular formula is C19H16N2O9. The molecule has 11 nitrogen and oxygen atoms in total. The Morgan fingerprint density at radius 2 is 1.87 bits per heavy atom. The van der Waals surface area contributed by atoms with E-state index >= 15 is 0 Å². The summed E-state index contributed by atoms with van der Waals surface area (Å²) >= 11 is 0. The number of aliphatic hydroxyl groups is 3. The van der Waals surface area contributed by atoms with Crippen LogP contribution in [0.15, 0.2) is 29.0 Å². The molecule has 0 aromatic heterocycles. The van der Waals surface area contributed by atoms with E-state index in [-0.39, 0.29) is 35.2 Å². The summed E-state index contributed by atoms with van der Waals surface area (Å²) < 4.78 is 0. The molecule has 3 aliphatic carbocycles. The van der Waals surface area contributed by atoms with Crippen molar-refractivity contribution in [1.29, 1.82) is 0 Å². The first-order chi connectivity index (χ1) is 14.0. The van der Waals surface area contributed by atoms with E-state index in [1.54, 1.807) is 0 Å². The van der Waals surface area contributed by atoms with Crippen LogP contribution in [0, 0.1) is 22.0 Å². The van der Waals surface area contributed by atoms with Gasteiger partial charge in [0, 0.05) is 29.5 Å². The van der Waals surface area contributed by atoms with Crippen molar-refractivity contribution in [3.05, 3.63) is 50.3 Å². The lowest BCUT2D eigenvalue weighted by Crippen LogP contribution is -2.58. The standard InChI is InChI=1S/C19H16N2O9/c20-18(27)14-11(23)5-7-3-6-4-8-9(21(29)30)1-2-10(22)13(8)15(24)12(6)16(25)19(7,28)17(14)26/h1-2,6-7,22,24,26,28H,3-5H2,(H2,20,27)/t6-,7+,19+/m1/s1. The zero-order chi connectivity index (χ0) is 22.1. The molecule has 30 heavy (non-hydrogen) atoms. The third-order valence-electron chi connectivity index (χ3n) is 6.12. The molecule has 0 spiro atoms. The first kappa shape index (κ1) is 19.6. The van der Waals surface area contributed by atoms with E-state index < -0.39 is 69.1 Å². The number of hydrogen-bond acceptors (Lipinski definition) is 9. The van der Waals surface area contributed by atoms with E-state index in [0.717, 1.165) is 12.1 Å². The Kier molecular flexibility index (Phi) is 4.00. The maximum absolute atomic E-state index is 13.2. The number of fused-ring (bicyclic) bond motifs is 3. The summed E-state index contributed by atoms with van der Waals surface area (Å²) in [7, 11) is 0. The van der Waals surface area contributed by atoms with Crippen LogP contribution in [-0.4, -0.2) is 48.4 Å². The minimum absolute atomic E-state index is 0.0178. The van der Waals surface area contributed by atoms with Crippen molar-refractivity contribution >= 4 is 28.9 Å². The first-order valence-electron chi connectivity index (χ1n) is 8.96. The van der Waals surface area contributed by atoms with Gasteiger partial charge in [0.15, 0.2) is 11.4 Å². The average molecular weight is 416 g/mol. The number of primary amides is 1. The van der Waals surface area contributed by atoms with Gasteiger partial charge in [-0.05, 0) is 24.8 Å². The topological polar surface area (TPSA) is 201 Å². The van der Waals surface area contributed by atoms with Crippen LogP contribution in [0.5, 0.6) is 5.75 Å². The predicted molar refractivity (Wildman–Crippen MR) is 98.0 cm³/mol. The van der Waals surface area contributed by atoms with Gasteiger partial charge >= 0.3 is 0 Å². The van der Waals surface area contributed by atoms with Gasteiger partial charge in [0.25, 0.3) is 11.6 Å². The molecule has 4 rings (SSSR count). The highest BCUT2D eigenvalue weighted by Gasteiger charge is 2.60. The van der Waals surface area contributed by atoms with E-state index in [2.05, 4.69) is 0 Å². The van der Waals surface area contributed by atoms with Crippen molar-refractivity contribution in [2.45, 2.75) is 24.9 Å². The lowest BCUT2D eigenvalue weighted by molar-refractivity contribution is -0.385. The highest BCUT2D eigenvalue weighted by molar-refractivity contribution is 6.22. The number of hydrogen-bond donors (Lipinski definition) is 5. The lowest BCUT2D eigenvalue weighted by Gasteiger charge is -2.45. The third kappa shape index (κ3) is 2.32. The summed E-state index contributed by atoms with van der Waals surface area (Å²) in [5, 5.41) is 53.7. The van der Waals surface area contributed by atoms with Crippen LogP contribution < -0.4 is 5.73 Å². The Labute approximate surface area is 167 Å². The molecule has 3 aliphatic rings. The van der Waals surface area contributed by atoms with Crippen LogP contribution in [0.4, 0.5) is 5.69 Å². The summed E-state index contributed by atoms with van der Waals surface area (Å²) in [6.07, 6.45) is -0.654. The van der Waals surface area contributed by atoms with Gasteiger partial charge in [-0.25, -0.2) is 0 Å². The number of phenolic OH excluding ortho intramolecular Hbond substituents is 1. The molecule has 156 valence electrons. The Morgan fingerprint density at radius 1 is 1.20 bits per heavy atom. The number of nitro groups is 1. The normalized spacial score (nSPS) is 28.0. The predicted octanol–water partition coefficient (Wildman–Crippen LogP) is 0.332. The first-order valence-corrected chi connectivity index (χ1v) is 8.96. The summed E-state index contributed by atoms with van der Waals surface area (Å²) in [4.78, 5) is 47.7. The van der Waals surface area contributed by atoms with Crippen molar-refractivity contribution in [3.8, 4) is 5.75 Å². The number of amides is 1. The quantitative estimate of drug-likeness (QED) is 0.256. The van der Waals surface area contributed by atoms with Crippen molar-refractivity contribution in [1.82, 2.24) is 0 Å². The van der Waals surface area contributed by atoms with E-state index in [0.29, 0.717) is 0 Å². The molecule has 1 aromatic carbocycles. The molecule has 0 heterocycles. The second-order valence-electron chi connectivity index (χ2n) is 7.62. The van der Waals surface area contributed by atoms with Gasteiger partial charge in [-0.1, -0.05) is 0 Å². The van der Waals surface area contributed by atoms with E-state index in [1.165, 1.54) is 0 Å². The average Bonchev–Trinajstić information content (AvgIpc) is 2.64. The Bertz CT molecular complexity index is 1130. The molecule has 0 radical (unpaired) electrons. The maximum atomic E-state index is 13.2. The molecule has 0 saturated heterocycles. The fourth-order valence-electron chi connectivity index (χ4n) is 4.78. The fraction of sp³-hybridized carbons (Fsp3) is 0.316. The van der Waals surface area contributed by atoms with Gasteiger partial charge in [-0.3, -0.25) is 24.5 Å². The van der Waals surface area contributed by atoms with Crippen LogP contribution >= 0.6 is 0 Å². The van der Waals surface area contributed by atoms with Crippen LogP contribution in [0.1, 0.15) is 24.0 Å². The largest absolute Gasteiger partial charge is 0.508 e. The minimum atomic E-state index is -2.66. The molecule has 11 heteroatoms. The van der Waals surface area contributed by atoms with Gasteiger partial charge in [-0.15, -0.1) is 0 Å². The summed E-state index contributed by atoms with van der Waals surface area (Å²) in [6.45, 7) is 0. The number of benzene rings is 1. The molecule has 6 N–H and O–H groups in total. The number of nitro benzene ring substituents is 1. The van der Waals surface area contributed by atoms with Crippen LogP contribution in [0.3, 0.4) is 0 Å². The number of carbonyl (C=O) groups excluding carboxylic acids is 3. The second-order valence-corrected chi connectivity index (χ2v) is 7.62. The number of nitrogens with zero attached hydrogens (tertiary/aromatic N) is 1. The highest BCUT2D eigenvalue weighted by Crippen LogP contribution is 2.52. The number of phenols is 1. The number of aliphatic hydroxyl groups excluding tert-OH is 2. The van der Waals surface area contributed by atoms with Gasteiger partial charge in [0.1, 0.15) is 22.8 Å². The number of Topliss-reactive ketones (excluding diaryl/α,β-unsaturated/α-hetero) is 2. The third-order valence-corrected chi connectivity index (χ3v) is 6.12. The molecule has 1 fully saturated rings. The summed E-state index contributed by atoms with van der Waals surface area (Å²) in [6, 6.07) is 2.08. The molecular weight excluding hydrogens is 400 g/mol. The lowest BCUT2D eigenvalue weighted by atomic mass is 9.59. The van der Waals surface area contributed by atoms with Gasteiger partial charge in [0.05, 0.1) is 10.5 Å².